The normalized spacial score (nSPS) is 17.3. The summed E-state index contributed by atoms with van der Waals surface area (Å²) >= 11 is 6.24. The Hall–Kier alpha value is -0.980. The molecular weight excluding hydrogens is 317 g/mol. The van der Waals surface area contributed by atoms with Gasteiger partial charge in [-0.3, -0.25) is 4.90 Å². The standard InChI is InChI=1S/C15H20ClF3N2O/c1-20(10-14(22)15(17,18)19)9-11-12(16)5-4-6-13(11)21-7-2-3-8-21/h4-6,14,22H,2-3,7-10H2,1H3. The summed E-state index contributed by atoms with van der Waals surface area (Å²) in [7, 11) is 1.55. The predicted molar refractivity (Wildman–Crippen MR) is 81.3 cm³/mol. The van der Waals surface area contributed by atoms with Crippen molar-refractivity contribution in [1.29, 1.82) is 0 Å². The lowest BCUT2D eigenvalue weighted by Gasteiger charge is -2.27. The van der Waals surface area contributed by atoms with E-state index in [1.165, 1.54) is 4.90 Å². The number of likely N-dealkylation sites (N-methyl/N-ethyl adjacent to an activating group) is 1. The second-order valence-corrected chi connectivity index (χ2v) is 6.09. The van der Waals surface area contributed by atoms with E-state index in [1.54, 1.807) is 13.1 Å². The Morgan fingerprint density at radius 3 is 2.55 bits per heavy atom. The molecule has 7 heteroatoms. The molecule has 1 unspecified atom stereocenters. The van der Waals surface area contributed by atoms with E-state index in [-0.39, 0.29) is 6.54 Å². The van der Waals surface area contributed by atoms with E-state index >= 15 is 0 Å². The van der Waals surface area contributed by atoms with Gasteiger partial charge in [-0.15, -0.1) is 0 Å². The molecule has 1 aliphatic heterocycles. The van der Waals surface area contributed by atoms with Crippen LogP contribution in [0.4, 0.5) is 18.9 Å². The van der Waals surface area contributed by atoms with Crippen molar-refractivity contribution in [2.24, 2.45) is 0 Å². The van der Waals surface area contributed by atoms with Crippen LogP contribution in [0.2, 0.25) is 5.02 Å². The number of rotatable bonds is 5. The number of hydrogen-bond acceptors (Lipinski definition) is 3. The molecule has 1 aromatic carbocycles. The highest BCUT2D eigenvalue weighted by Gasteiger charge is 2.38. The summed E-state index contributed by atoms with van der Waals surface area (Å²) < 4.78 is 37.3. The Morgan fingerprint density at radius 2 is 1.95 bits per heavy atom. The van der Waals surface area contributed by atoms with Crippen LogP contribution in [0.5, 0.6) is 0 Å². The van der Waals surface area contributed by atoms with Gasteiger partial charge >= 0.3 is 6.18 Å². The largest absolute Gasteiger partial charge is 0.415 e. The molecule has 22 heavy (non-hydrogen) atoms. The van der Waals surface area contributed by atoms with Gasteiger partial charge in [-0.2, -0.15) is 13.2 Å². The third kappa shape index (κ3) is 4.27. The van der Waals surface area contributed by atoms with Gasteiger partial charge in [-0.25, -0.2) is 0 Å². The zero-order valence-corrected chi connectivity index (χ0v) is 13.2. The molecule has 1 saturated heterocycles. The summed E-state index contributed by atoms with van der Waals surface area (Å²) in [5.41, 5.74) is 1.78. The zero-order valence-electron chi connectivity index (χ0n) is 12.4. The highest BCUT2D eigenvalue weighted by Crippen LogP contribution is 2.31. The van der Waals surface area contributed by atoms with E-state index in [4.69, 9.17) is 11.6 Å². The van der Waals surface area contributed by atoms with Gasteiger partial charge in [0.05, 0.1) is 0 Å². The number of aliphatic hydroxyl groups excluding tert-OH is 1. The third-order valence-corrected chi connectivity index (χ3v) is 4.19. The van der Waals surface area contributed by atoms with E-state index in [0.29, 0.717) is 5.02 Å². The number of aliphatic hydroxyl groups is 1. The number of nitrogens with zero attached hydrogens (tertiary/aromatic N) is 2. The minimum atomic E-state index is -4.60. The maximum Gasteiger partial charge on any atom is 0.415 e. The lowest BCUT2D eigenvalue weighted by atomic mass is 10.1. The van der Waals surface area contributed by atoms with E-state index in [1.807, 2.05) is 12.1 Å². The summed E-state index contributed by atoms with van der Waals surface area (Å²) in [5.74, 6) is 0. The molecule has 1 fully saturated rings. The van der Waals surface area contributed by atoms with Gasteiger partial charge in [-0.05, 0) is 32.0 Å². The highest BCUT2D eigenvalue weighted by molar-refractivity contribution is 6.31. The number of alkyl halides is 3. The van der Waals surface area contributed by atoms with Gasteiger partial charge in [0.1, 0.15) is 0 Å². The van der Waals surface area contributed by atoms with Crippen LogP contribution in [0.1, 0.15) is 18.4 Å². The topological polar surface area (TPSA) is 26.7 Å². The molecule has 3 nitrogen and oxygen atoms in total. The van der Waals surface area contributed by atoms with Gasteiger partial charge < -0.3 is 10.0 Å². The van der Waals surface area contributed by atoms with Crippen LogP contribution in [-0.4, -0.2) is 49.0 Å². The molecule has 1 atom stereocenters. The minimum absolute atomic E-state index is 0.263. The molecule has 2 rings (SSSR count). The van der Waals surface area contributed by atoms with E-state index in [2.05, 4.69) is 4.90 Å². The van der Waals surface area contributed by atoms with Crippen LogP contribution in [-0.2, 0) is 6.54 Å². The molecule has 0 bridgehead atoms. The first-order chi connectivity index (χ1) is 10.3. The first-order valence-electron chi connectivity index (χ1n) is 7.24. The fourth-order valence-electron chi connectivity index (χ4n) is 2.69. The number of benzene rings is 1. The van der Waals surface area contributed by atoms with Crippen molar-refractivity contribution < 1.29 is 18.3 Å². The fraction of sp³-hybridized carbons (Fsp3) is 0.600. The van der Waals surface area contributed by atoms with E-state index < -0.39 is 18.8 Å². The number of halogens is 4. The number of hydrogen-bond donors (Lipinski definition) is 1. The average Bonchev–Trinajstić information content (AvgIpc) is 2.93. The predicted octanol–water partition coefficient (Wildman–Crippen LogP) is 3.30. The molecule has 1 aliphatic rings. The summed E-state index contributed by atoms with van der Waals surface area (Å²) in [5, 5.41) is 9.71. The average molecular weight is 337 g/mol. The maximum absolute atomic E-state index is 12.4. The second-order valence-electron chi connectivity index (χ2n) is 5.69. The molecule has 0 radical (unpaired) electrons. The highest BCUT2D eigenvalue weighted by atomic mass is 35.5. The van der Waals surface area contributed by atoms with Gasteiger partial charge in [0, 0.05) is 42.5 Å². The maximum atomic E-state index is 12.4. The quantitative estimate of drug-likeness (QED) is 0.893. The van der Waals surface area contributed by atoms with Crippen LogP contribution in [0.15, 0.2) is 18.2 Å². The van der Waals surface area contributed by atoms with Crippen LogP contribution >= 0.6 is 11.6 Å². The summed E-state index contributed by atoms with van der Waals surface area (Å²) in [4.78, 5) is 3.65. The van der Waals surface area contributed by atoms with Crippen molar-refractivity contribution in [1.82, 2.24) is 4.90 Å². The zero-order chi connectivity index (χ0) is 16.3. The smallest absolute Gasteiger partial charge is 0.382 e. The number of anilines is 1. The Kier molecular flexibility index (Phi) is 5.58. The minimum Gasteiger partial charge on any atom is -0.382 e. The Morgan fingerprint density at radius 1 is 1.32 bits per heavy atom. The lowest BCUT2D eigenvalue weighted by molar-refractivity contribution is -0.207. The molecule has 1 N–H and O–H groups in total. The first kappa shape index (κ1) is 17.4. The molecule has 1 aromatic rings. The summed E-state index contributed by atoms with van der Waals surface area (Å²) in [6, 6.07) is 5.54. The fourth-order valence-corrected chi connectivity index (χ4v) is 2.92. The van der Waals surface area contributed by atoms with Crippen LogP contribution < -0.4 is 4.90 Å². The van der Waals surface area contributed by atoms with Gasteiger partial charge in [0.2, 0.25) is 0 Å². The Labute approximate surface area is 133 Å². The lowest BCUT2D eigenvalue weighted by Crippen LogP contribution is -2.39. The molecule has 0 aliphatic carbocycles. The summed E-state index contributed by atoms with van der Waals surface area (Å²) in [6.07, 6.45) is -4.74. The third-order valence-electron chi connectivity index (χ3n) is 3.83. The van der Waals surface area contributed by atoms with Crippen LogP contribution in [0, 0.1) is 0 Å². The Bertz CT molecular complexity index is 504. The van der Waals surface area contributed by atoms with Crippen molar-refractivity contribution in [3.05, 3.63) is 28.8 Å². The SMILES string of the molecule is CN(Cc1c(Cl)cccc1N1CCCC1)CC(O)C(F)(F)F. The van der Waals surface area contributed by atoms with E-state index in [0.717, 1.165) is 37.2 Å². The van der Waals surface area contributed by atoms with Crippen molar-refractivity contribution in [2.45, 2.75) is 31.7 Å². The van der Waals surface area contributed by atoms with E-state index in [9.17, 15) is 18.3 Å². The molecular formula is C15H20ClF3N2O. The van der Waals surface area contributed by atoms with Crippen molar-refractivity contribution in [3.63, 3.8) is 0 Å². The van der Waals surface area contributed by atoms with Gasteiger partial charge in [0.15, 0.2) is 6.10 Å². The van der Waals surface area contributed by atoms with Crippen molar-refractivity contribution >= 4 is 17.3 Å². The van der Waals surface area contributed by atoms with Crippen molar-refractivity contribution in [3.8, 4) is 0 Å². The molecule has 0 amide bonds. The first-order valence-corrected chi connectivity index (χ1v) is 7.62. The Balaban J connectivity index is 2.11. The molecule has 124 valence electrons. The van der Waals surface area contributed by atoms with Crippen LogP contribution in [0.3, 0.4) is 0 Å². The van der Waals surface area contributed by atoms with Gasteiger partial charge in [0.25, 0.3) is 0 Å². The second kappa shape index (κ2) is 7.06. The molecule has 1 heterocycles. The van der Waals surface area contributed by atoms with Gasteiger partial charge in [-0.1, -0.05) is 17.7 Å². The van der Waals surface area contributed by atoms with Crippen molar-refractivity contribution in [2.75, 3.05) is 31.6 Å². The van der Waals surface area contributed by atoms with Crippen LogP contribution in [0.25, 0.3) is 0 Å². The monoisotopic (exact) mass is 336 g/mol. The molecule has 0 spiro atoms. The summed E-state index contributed by atoms with van der Waals surface area (Å²) in [6.45, 7) is 1.65. The molecule has 0 saturated carbocycles. The molecule has 0 aromatic heterocycles.